The van der Waals surface area contributed by atoms with E-state index in [9.17, 15) is 14.4 Å². The molecule has 0 aromatic carbocycles. The van der Waals surface area contributed by atoms with Crippen molar-refractivity contribution >= 4 is 24.2 Å². The zero-order valence-corrected chi connectivity index (χ0v) is 14.3. The van der Waals surface area contributed by atoms with Crippen LogP contribution in [-0.2, 0) is 19.1 Å². The number of hydrazone groups is 1. The largest absolute Gasteiger partial charge is 0.467 e. The third-order valence-electron chi connectivity index (χ3n) is 3.29. The van der Waals surface area contributed by atoms with Gasteiger partial charge in [-0.2, -0.15) is 5.10 Å². The van der Waals surface area contributed by atoms with Crippen molar-refractivity contribution in [3.05, 3.63) is 0 Å². The van der Waals surface area contributed by atoms with Gasteiger partial charge in [-0.05, 0) is 40.0 Å². The van der Waals surface area contributed by atoms with E-state index >= 15 is 0 Å². The second-order valence-corrected chi connectivity index (χ2v) is 6.39. The lowest BCUT2D eigenvalue weighted by molar-refractivity contribution is -0.144. The maximum atomic E-state index is 12.0. The molecule has 0 bridgehead atoms. The standard InChI is InChI=1S/C15H25N3O5/c1-15(2,3)23-14(21)17-11(13(20)22-5)7-6-10-8-9-16-18(4)12(10)19/h9-11H,6-8H2,1-5H3,(H,17,21). The Hall–Kier alpha value is -2.12. The molecule has 0 spiro atoms. The highest BCUT2D eigenvalue weighted by Gasteiger charge is 2.29. The Kier molecular flexibility index (Phi) is 6.53. The lowest BCUT2D eigenvalue weighted by Crippen LogP contribution is -2.44. The number of amides is 2. The predicted octanol–water partition coefficient (Wildman–Crippen LogP) is 1.30. The number of carbonyl (C=O) groups is 3. The fourth-order valence-electron chi connectivity index (χ4n) is 2.17. The number of hydrogen-bond acceptors (Lipinski definition) is 6. The minimum absolute atomic E-state index is 0.103. The Morgan fingerprint density at radius 1 is 1.48 bits per heavy atom. The summed E-state index contributed by atoms with van der Waals surface area (Å²) >= 11 is 0. The molecule has 0 fully saturated rings. The Morgan fingerprint density at radius 3 is 2.70 bits per heavy atom. The van der Waals surface area contributed by atoms with Gasteiger partial charge < -0.3 is 14.8 Å². The molecule has 0 radical (unpaired) electrons. The summed E-state index contributed by atoms with van der Waals surface area (Å²) in [7, 11) is 2.83. The molecule has 0 aromatic heterocycles. The molecule has 0 aliphatic carbocycles. The average Bonchev–Trinajstić information content (AvgIpc) is 2.44. The maximum Gasteiger partial charge on any atom is 0.408 e. The van der Waals surface area contributed by atoms with Gasteiger partial charge in [0.1, 0.15) is 11.6 Å². The maximum absolute atomic E-state index is 12.0. The number of carbonyl (C=O) groups excluding carboxylic acids is 3. The highest BCUT2D eigenvalue weighted by Crippen LogP contribution is 2.19. The molecule has 2 atom stereocenters. The summed E-state index contributed by atoms with van der Waals surface area (Å²) < 4.78 is 9.84. The van der Waals surface area contributed by atoms with Crippen LogP contribution >= 0.6 is 0 Å². The third-order valence-corrected chi connectivity index (χ3v) is 3.29. The summed E-state index contributed by atoms with van der Waals surface area (Å²) in [4.78, 5) is 35.6. The van der Waals surface area contributed by atoms with E-state index in [0.29, 0.717) is 12.8 Å². The Labute approximate surface area is 136 Å². The van der Waals surface area contributed by atoms with Crippen LogP contribution < -0.4 is 5.32 Å². The van der Waals surface area contributed by atoms with Crippen molar-refractivity contribution in [3.8, 4) is 0 Å². The number of methoxy groups -OCH3 is 1. The normalized spacial score (nSPS) is 19.3. The Bertz CT molecular complexity index is 484. The molecule has 1 N–H and O–H groups in total. The Morgan fingerprint density at radius 2 is 2.13 bits per heavy atom. The Balaban J connectivity index is 2.62. The number of alkyl carbamates (subject to hydrolysis) is 1. The summed E-state index contributed by atoms with van der Waals surface area (Å²) in [6.45, 7) is 5.20. The summed E-state index contributed by atoms with van der Waals surface area (Å²) in [5, 5.41) is 7.68. The first-order valence-electron chi connectivity index (χ1n) is 7.51. The monoisotopic (exact) mass is 327 g/mol. The summed E-state index contributed by atoms with van der Waals surface area (Å²) in [6.07, 6.45) is 2.21. The summed E-state index contributed by atoms with van der Waals surface area (Å²) in [6, 6.07) is -0.855. The molecule has 0 saturated heterocycles. The minimum atomic E-state index is -0.855. The van der Waals surface area contributed by atoms with Gasteiger partial charge in [0.05, 0.1) is 7.11 Å². The number of nitrogens with zero attached hydrogens (tertiary/aromatic N) is 2. The van der Waals surface area contributed by atoms with Gasteiger partial charge in [0.15, 0.2) is 0 Å². The fraction of sp³-hybridized carbons (Fsp3) is 0.733. The zero-order chi connectivity index (χ0) is 17.6. The first-order valence-corrected chi connectivity index (χ1v) is 7.51. The molecule has 2 amide bonds. The highest BCUT2D eigenvalue weighted by atomic mass is 16.6. The van der Waals surface area contributed by atoms with Gasteiger partial charge in [-0.1, -0.05) is 0 Å². The number of nitrogens with one attached hydrogen (secondary N) is 1. The molecule has 23 heavy (non-hydrogen) atoms. The second-order valence-electron chi connectivity index (χ2n) is 6.39. The van der Waals surface area contributed by atoms with Gasteiger partial charge in [0.2, 0.25) is 5.91 Å². The van der Waals surface area contributed by atoms with Crippen molar-refractivity contribution < 1.29 is 23.9 Å². The van der Waals surface area contributed by atoms with Crippen molar-refractivity contribution in [1.29, 1.82) is 0 Å². The van der Waals surface area contributed by atoms with E-state index in [1.165, 1.54) is 12.1 Å². The topological polar surface area (TPSA) is 97.3 Å². The van der Waals surface area contributed by atoms with Crippen LogP contribution in [0.4, 0.5) is 4.79 Å². The van der Waals surface area contributed by atoms with Crippen LogP contribution in [0.2, 0.25) is 0 Å². The fourth-order valence-corrected chi connectivity index (χ4v) is 2.17. The first-order chi connectivity index (χ1) is 10.6. The van der Waals surface area contributed by atoms with E-state index in [-0.39, 0.29) is 18.2 Å². The molecular weight excluding hydrogens is 302 g/mol. The highest BCUT2D eigenvalue weighted by molar-refractivity contribution is 5.85. The summed E-state index contributed by atoms with van der Waals surface area (Å²) in [5.41, 5.74) is -0.663. The molecule has 2 unspecified atom stereocenters. The van der Waals surface area contributed by atoms with Crippen molar-refractivity contribution in [2.45, 2.75) is 51.7 Å². The van der Waals surface area contributed by atoms with E-state index in [4.69, 9.17) is 9.47 Å². The van der Waals surface area contributed by atoms with Gasteiger partial charge in [-0.15, -0.1) is 0 Å². The lowest BCUT2D eigenvalue weighted by Gasteiger charge is -2.25. The molecule has 1 aliphatic rings. The van der Waals surface area contributed by atoms with Crippen LogP contribution in [0.1, 0.15) is 40.0 Å². The average molecular weight is 327 g/mol. The van der Waals surface area contributed by atoms with Crippen LogP contribution in [0.3, 0.4) is 0 Å². The van der Waals surface area contributed by atoms with E-state index < -0.39 is 23.7 Å². The second kappa shape index (κ2) is 7.94. The van der Waals surface area contributed by atoms with Gasteiger partial charge in [-0.25, -0.2) is 14.6 Å². The van der Waals surface area contributed by atoms with Crippen molar-refractivity contribution in [3.63, 3.8) is 0 Å². The van der Waals surface area contributed by atoms with E-state index in [0.717, 1.165) is 0 Å². The van der Waals surface area contributed by atoms with Gasteiger partial charge in [-0.3, -0.25) is 4.79 Å². The number of hydrogen-bond donors (Lipinski definition) is 1. The van der Waals surface area contributed by atoms with Crippen molar-refractivity contribution in [2.75, 3.05) is 14.2 Å². The molecule has 1 rings (SSSR count). The van der Waals surface area contributed by atoms with E-state index in [2.05, 4.69) is 10.4 Å². The quantitative estimate of drug-likeness (QED) is 0.768. The molecule has 1 heterocycles. The number of esters is 1. The van der Waals surface area contributed by atoms with Crippen LogP contribution in [0.15, 0.2) is 5.10 Å². The van der Waals surface area contributed by atoms with Crippen molar-refractivity contribution in [2.24, 2.45) is 11.0 Å². The van der Waals surface area contributed by atoms with Gasteiger partial charge >= 0.3 is 12.1 Å². The smallest absolute Gasteiger partial charge is 0.408 e. The third kappa shape index (κ3) is 6.25. The number of ether oxygens (including phenoxy) is 2. The minimum Gasteiger partial charge on any atom is -0.467 e. The summed E-state index contributed by atoms with van der Waals surface area (Å²) in [5.74, 6) is -0.931. The molecule has 130 valence electrons. The van der Waals surface area contributed by atoms with Crippen LogP contribution in [0.25, 0.3) is 0 Å². The molecule has 8 nitrogen and oxygen atoms in total. The zero-order valence-electron chi connectivity index (χ0n) is 14.3. The number of rotatable bonds is 5. The molecule has 8 heteroatoms. The molecule has 0 saturated carbocycles. The first kappa shape index (κ1) is 18.9. The van der Waals surface area contributed by atoms with E-state index in [1.54, 1.807) is 34.0 Å². The van der Waals surface area contributed by atoms with Crippen molar-refractivity contribution in [1.82, 2.24) is 10.3 Å². The molecule has 0 aromatic rings. The predicted molar refractivity (Wildman–Crippen MR) is 83.8 cm³/mol. The van der Waals surface area contributed by atoms with Crippen LogP contribution in [-0.4, -0.2) is 55.0 Å². The van der Waals surface area contributed by atoms with Crippen LogP contribution in [0, 0.1) is 5.92 Å². The molecule has 1 aliphatic heterocycles. The van der Waals surface area contributed by atoms with Crippen LogP contribution in [0.5, 0.6) is 0 Å². The van der Waals surface area contributed by atoms with Gasteiger partial charge in [0, 0.05) is 19.2 Å². The molecular formula is C15H25N3O5. The van der Waals surface area contributed by atoms with E-state index in [1.807, 2.05) is 0 Å². The SMILES string of the molecule is COC(=O)C(CCC1CC=NN(C)C1=O)NC(=O)OC(C)(C)C. The lowest BCUT2D eigenvalue weighted by atomic mass is 9.95. The van der Waals surface area contributed by atoms with Gasteiger partial charge in [0.25, 0.3) is 0 Å².